The number of benzene rings is 2. The number of aromatic nitrogens is 1. The second-order valence-corrected chi connectivity index (χ2v) is 9.91. The summed E-state index contributed by atoms with van der Waals surface area (Å²) in [5.41, 5.74) is 1.76. The molecule has 3 amide bonds. The van der Waals surface area contributed by atoms with Gasteiger partial charge in [0.25, 0.3) is 5.91 Å². The van der Waals surface area contributed by atoms with E-state index in [9.17, 15) is 14.4 Å². The standard InChI is InChI=1S/C28H32N4O6S/c1-4-23(33)30-27-24(25(34)29-16-19-12-13-20(36-2)15-22(19)37-3)31-26(39-27)21-11-8-14-32(21)28(35)38-17-18-9-6-5-7-10-18/h5-7,9-10,12-13,15,21H,4,8,11,14,16-17H2,1-3H3,(H,29,34)(H,30,33). The molecule has 1 aromatic heterocycles. The molecule has 10 nitrogen and oxygen atoms in total. The second kappa shape index (κ2) is 13.1. The molecule has 0 aliphatic carbocycles. The van der Waals surface area contributed by atoms with Crippen LogP contribution in [0.4, 0.5) is 9.80 Å². The fourth-order valence-corrected chi connectivity index (χ4v) is 5.36. The van der Waals surface area contributed by atoms with Crippen molar-refractivity contribution >= 4 is 34.2 Å². The molecule has 11 heteroatoms. The number of carbonyl (C=O) groups is 3. The molecule has 1 unspecified atom stereocenters. The summed E-state index contributed by atoms with van der Waals surface area (Å²) in [4.78, 5) is 44.6. The summed E-state index contributed by atoms with van der Waals surface area (Å²) in [7, 11) is 3.11. The largest absolute Gasteiger partial charge is 0.497 e. The van der Waals surface area contributed by atoms with Gasteiger partial charge in [0.05, 0.1) is 20.3 Å². The van der Waals surface area contributed by atoms with Crippen LogP contribution in [0.1, 0.15) is 58.9 Å². The van der Waals surface area contributed by atoms with Gasteiger partial charge in [0, 0.05) is 31.1 Å². The van der Waals surface area contributed by atoms with Gasteiger partial charge in [-0.3, -0.25) is 14.5 Å². The molecule has 0 bridgehead atoms. The Balaban J connectivity index is 1.51. The third-order valence-corrected chi connectivity index (χ3v) is 7.42. The normalized spacial score (nSPS) is 14.5. The van der Waals surface area contributed by atoms with Crippen LogP contribution >= 0.6 is 11.3 Å². The summed E-state index contributed by atoms with van der Waals surface area (Å²) < 4.78 is 16.2. The van der Waals surface area contributed by atoms with Crippen molar-refractivity contribution in [2.45, 2.75) is 45.4 Å². The number of thiazole rings is 1. The van der Waals surface area contributed by atoms with Crippen molar-refractivity contribution in [2.24, 2.45) is 0 Å². The van der Waals surface area contributed by atoms with Crippen LogP contribution in [0.2, 0.25) is 0 Å². The van der Waals surface area contributed by atoms with Crippen LogP contribution in [0.25, 0.3) is 0 Å². The first-order chi connectivity index (χ1) is 18.9. The van der Waals surface area contributed by atoms with E-state index < -0.39 is 12.0 Å². The highest BCUT2D eigenvalue weighted by Gasteiger charge is 2.35. The van der Waals surface area contributed by atoms with Crippen molar-refractivity contribution in [1.82, 2.24) is 15.2 Å². The monoisotopic (exact) mass is 552 g/mol. The van der Waals surface area contributed by atoms with Crippen LogP contribution in [0.3, 0.4) is 0 Å². The van der Waals surface area contributed by atoms with Gasteiger partial charge in [-0.2, -0.15) is 0 Å². The third-order valence-electron chi connectivity index (χ3n) is 6.34. The van der Waals surface area contributed by atoms with E-state index in [4.69, 9.17) is 14.2 Å². The van der Waals surface area contributed by atoms with E-state index in [1.165, 1.54) is 11.3 Å². The molecule has 1 aliphatic rings. The number of hydrogen-bond donors (Lipinski definition) is 2. The Morgan fingerprint density at radius 3 is 2.62 bits per heavy atom. The van der Waals surface area contributed by atoms with Crippen LogP contribution in [-0.2, 0) is 22.7 Å². The Labute approximate surface area is 231 Å². The van der Waals surface area contributed by atoms with Gasteiger partial charge < -0.3 is 24.8 Å². The molecule has 0 radical (unpaired) electrons. The van der Waals surface area contributed by atoms with Crippen molar-refractivity contribution in [1.29, 1.82) is 0 Å². The molecule has 2 aromatic carbocycles. The number of hydrogen-bond acceptors (Lipinski definition) is 8. The number of amides is 3. The number of anilines is 1. The lowest BCUT2D eigenvalue weighted by molar-refractivity contribution is -0.115. The Morgan fingerprint density at radius 1 is 1.10 bits per heavy atom. The lowest BCUT2D eigenvalue weighted by atomic mass is 10.2. The van der Waals surface area contributed by atoms with Crippen LogP contribution in [0.15, 0.2) is 48.5 Å². The Bertz CT molecular complexity index is 1310. The number of likely N-dealkylation sites (tertiary alicyclic amines) is 1. The lowest BCUT2D eigenvalue weighted by Gasteiger charge is -2.22. The minimum Gasteiger partial charge on any atom is -0.497 e. The fraction of sp³-hybridized carbons (Fsp3) is 0.357. The van der Waals surface area contributed by atoms with Crippen molar-refractivity contribution in [2.75, 3.05) is 26.1 Å². The van der Waals surface area contributed by atoms with Crippen LogP contribution < -0.4 is 20.1 Å². The molecule has 2 heterocycles. The van der Waals surface area contributed by atoms with E-state index in [0.717, 1.165) is 17.5 Å². The van der Waals surface area contributed by atoms with Gasteiger partial charge in [-0.1, -0.05) is 48.6 Å². The van der Waals surface area contributed by atoms with E-state index in [1.54, 1.807) is 38.2 Å². The van der Waals surface area contributed by atoms with Crippen molar-refractivity contribution in [3.8, 4) is 11.5 Å². The zero-order valence-corrected chi connectivity index (χ0v) is 23.0. The smallest absolute Gasteiger partial charge is 0.410 e. The van der Waals surface area contributed by atoms with Crippen molar-refractivity contribution in [3.05, 3.63) is 70.4 Å². The zero-order chi connectivity index (χ0) is 27.8. The van der Waals surface area contributed by atoms with Crippen molar-refractivity contribution < 1.29 is 28.6 Å². The number of methoxy groups -OCH3 is 2. The highest BCUT2D eigenvalue weighted by molar-refractivity contribution is 7.16. The van der Waals surface area contributed by atoms with Gasteiger partial charge in [-0.05, 0) is 30.5 Å². The molecule has 3 aromatic rings. The fourth-order valence-electron chi connectivity index (χ4n) is 4.23. The summed E-state index contributed by atoms with van der Waals surface area (Å²) >= 11 is 1.20. The third kappa shape index (κ3) is 6.85. The van der Waals surface area contributed by atoms with Gasteiger partial charge in [0.15, 0.2) is 5.69 Å². The van der Waals surface area contributed by atoms with Gasteiger partial charge in [-0.15, -0.1) is 0 Å². The molecule has 4 rings (SSSR count). The summed E-state index contributed by atoms with van der Waals surface area (Å²) in [6.45, 7) is 2.60. The Morgan fingerprint density at radius 2 is 1.90 bits per heavy atom. The highest BCUT2D eigenvalue weighted by atomic mass is 32.1. The van der Waals surface area contributed by atoms with Gasteiger partial charge in [-0.25, -0.2) is 9.78 Å². The minimum absolute atomic E-state index is 0.105. The molecule has 1 fully saturated rings. The van der Waals surface area contributed by atoms with E-state index in [0.29, 0.717) is 34.5 Å². The quantitative estimate of drug-likeness (QED) is 0.367. The molecule has 39 heavy (non-hydrogen) atoms. The molecule has 206 valence electrons. The van der Waals surface area contributed by atoms with Crippen molar-refractivity contribution in [3.63, 3.8) is 0 Å². The maximum absolute atomic E-state index is 13.2. The van der Waals surface area contributed by atoms with E-state index in [-0.39, 0.29) is 37.2 Å². The molecular formula is C28H32N4O6S. The first-order valence-electron chi connectivity index (χ1n) is 12.7. The molecule has 1 aliphatic heterocycles. The molecular weight excluding hydrogens is 520 g/mol. The Hall–Kier alpha value is -4.12. The summed E-state index contributed by atoms with van der Waals surface area (Å²) in [6.07, 6.45) is 1.27. The predicted molar refractivity (Wildman–Crippen MR) is 147 cm³/mol. The molecule has 0 spiro atoms. The van der Waals surface area contributed by atoms with Crippen LogP contribution in [0.5, 0.6) is 11.5 Å². The van der Waals surface area contributed by atoms with E-state index >= 15 is 0 Å². The first-order valence-corrected chi connectivity index (χ1v) is 13.5. The molecule has 1 atom stereocenters. The summed E-state index contributed by atoms with van der Waals surface area (Å²) in [5, 5.41) is 6.57. The maximum atomic E-state index is 13.2. The van der Waals surface area contributed by atoms with Crippen LogP contribution in [0, 0.1) is 0 Å². The zero-order valence-electron chi connectivity index (χ0n) is 22.2. The van der Waals surface area contributed by atoms with E-state index in [2.05, 4.69) is 15.6 Å². The second-order valence-electron chi connectivity index (χ2n) is 8.88. The lowest BCUT2D eigenvalue weighted by Crippen LogP contribution is -2.31. The average Bonchev–Trinajstić information content (AvgIpc) is 3.62. The number of ether oxygens (including phenoxy) is 3. The number of nitrogens with one attached hydrogen (secondary N) is 2. The summed E-state index contributed by atoms with van der Waals surface area (Å²) in [6, 6.07) is 14.4. The molecule has 1 saturated heterocycles. The van der Waals surface area contributed by atoms with Gasteiger partial charge in [0.2, 0.25) is 5.91 Å². The van der Waals surface area contributed by atoms with Crippen LogP contribution in [-0.4, -0.2) is 48.6 Å². The molecule has 0 saturated carbocycles. The van der Waals surface area contributed by atoms with Gasteiger partial charge >= 0.3 is 6.09 Å². The number of rotatable bonds is 10. The average molecular weight is 553 g/mol. The summed E-state index contributed by atoms with van der Waals surface area (Å²) in [5.74, 6) is 0.530. The number of nitrogens with zero attached hydrogens (tertiary/aromatic N) is 2. The Kier molecular flexibility index (Phi) is 9.37. The maximum Gasteiger partial charge on any atom is 0.410 e. The minimum atomic E-state index is -0.446. The topological polar surface area (TPSA) is 119 Å². The first kappa shape index (κ1) is 27.9. The highest BCUT2D eigenvalue weighted by Crippen LogP contribution is 2.38. The van der Waals surface area contributed by atoms with E-state index in [1.807, 2.05) is 36.4 Å². The van der Waals surface area contributed by atoms with Gasteiger partial charge in [0.1, 0.15) is 28.1 Å². The number of carbonyl (C=O) groups excluding carboxylic acids is 3. The SMILES string of the molecule is CCC(=O)Nc1sc(C2CCCN2C(=O)OCc2ccccc2)nc1C(=O)NCc1ccc(OC)cc1OC. The molecule has 2 N–H and O–H groups in total. The predicted octanol–water partition coefficient (Wildman–Crippen LogP) is 4.91.